The average molecular weight is 244 g/mol. The zero-order valence-electron chi connectivity index (χ0n) is 9.18. The first-order valence-electron chi connectivity index (χ1n) is 4.99. The normalized spacial score (nSPS) is 9.61. The fourth-order valence-corrected chi connectivity index (χ4v) is 1.33. The van der Waals surface area contributed by atoms with E-state index in [2.05, 4.69) is 20.7 Å². The minimum atomic E-state index is -0.560. The molecular weight excluding hydrogens is 235 g/mol. The molecule has 6 nitrogen and oxygen atoms in total. The van der Waals surface area contributed by atoms with Crippen LogP contribution in [0.25, 0.3) is 0 Å². The molecule has 0 aliphatic rings. The molecule has 0 spiro atoms. The molecule has 1 aromatic heterocycles. The molecule has 0 atom stereocenters. The number of hydrazine groups is 1. The number of aromatic nitrogens is 2. The van der Waals surface area contributed by atoms with E-state index >= 15 is 0 Å². The van der Waals surface area contributed by atoms with Crippen LogP contribution in [0.3, 0.4) is 0 Å². The van der Waals surface area contributed by atoms with E-state index in [-0.39, 0.29) is 11.5 Å². The van der Waals surface area contributed by atoms with E-state index in [1.54, 1.807) is 12.1 Å². The number of nitriles is 1. The Morgan fingerprint density at radius 3 is 2.89 bits per heavy atom. The molecule has 90 valence electrons. The third-order valence-corrected chi connectivity index (χ3v) is 2.14. The summed E-state index contributed by atoms with van der Waals surface area (Å²) in [6.45, 7) is 0. The number of hydrogen-bond donors (Lipinski definition) is 3. The highest BCUT2D eigenvalue weighted by Crippen LogP contribution is 2.18. The first kappa shape index (κ1) is 11.8. The number of nitrogens with two attached hydrogens (primary N) is 1. The van der Waals surface area contributed by atoms with E-state index in [0.29, 0.717) is 11.5 Å². The Hall–Kier alpha value is -2.72. The number of halogens is 1. The number of hydrogen-bond acceptors (Lipinski definition) is 6. The van der Waals surface area contributed by atoms with Gasteiger partial charge in [0.15, 0.2) is 0 Å². The maximum Gasteiger partial charge on any atom is 0.239 e. The molecule has 2 rings (SSSR count). The first-order chi connectivity index (χ1) is 8.72. The Bertz CT molecular complexity index is 607. The zero-order chi connectivity index (χ0) is 13.0. The lowest BCUT2D eigenvalue weighted by Gasteiger charge is -2.07. The maximum atomic E-state index is 13.1. The van der Waals surface area contributed by atoms with Crippen LogP contribution in [0.2, 0.25) is 0 Å². The largest absolute Gasteiger partial charge is 0.340 e. The van der Waals surface area contributed by atoms with Crippen molar-refractivity contribution in [2.45, 2.75) is 0 Å². The van der Waals surface area contributed by atoms with Gasteiger partial charge >= 0.3 is 0 Å². The molecule has 18 heavy (non-hydrogen) atoms. The molecule has 0 fully saturated rings. The molecule has 0 radical (unpaired) electrons. The third-order valence-electron chi connectivity index (χ3n) is 2.14. The molecule has 1 aromatic carbocycles. The van der Waals surface area contributed by atoms with Crippen LogP contribution in [0, 0.1) is 17.1 Å². The van der Waals surface area contributed by atoms with Crippen LogP contribution in [0.1, 0.15) is 5.56 Å². The molecule has 2 aromatic rings. The first-order valence-corrected chi connectivity index (χ1v) is 4.99. The summed E-state index contributed by atoms with van der Waals surface area (Å²) < 4.78 is 13.1. The minimum Gasteiger partial charge on any atom is -0.340 e. The summed E-state index contributed by atoms with van der Waals surface area (Å²) in [5.41, 5.74) is 2.82. The van der Waals surface area contributed by atoms with Crippen molar-refractivity contribution in [1.29, 1.82) is 5.26 Å². The van der Waals surface area contributed by atoms with Gasteiger partial charge in [0, 0.05) is 11.9 Å². The molecule has 4 N–H and O–H groups in total. The van der Waals surface area contributed by atoms with E-state index in [9.17, 15) is 4.39 Å². The molecule has 0 saturated heterocycles. The standard InChI is InChI=1S/C11H9FN6/c12-9-2-1-8(5-7(9)6-13)16-10-3-4-15-11(17-10)18-14/h1-5H,14H2,(H2,15,16,17,18). The second kappa shape index (κ2) is 5.07. The average Bonchev–Trinajstić information content (AvgIpc) is 2.41. The van der Waals surface area contributed by atoms with Crippen LogP contribution in [0.4, 0.5) is 21.8 Å². The SMILES string of the molecule is N#Cc1cc(Nc2ccnc(NN)n2)ccc1F. The summed E-state index contributed by atoms with van der Waals surface area (Å²) in [5, 5.41) is 11.6. The van der Waals surface area contributed by atoms with E-state index in [1.807, 2.05) is 0 Å². The van der Waals surface area contributed by atoms with Crippen molar-refractivity contribution < 1.29 is 4.39 Å². The Morgan fingerprint density at radius 1 is 1.33 bits per heavy atom. The number of nitrogen functional groups attached to an aromatic ring is 1. The predicted octanol–water partition coefficient (Wildman–Crippen LogP) is 1.52. The molecule has 1 heterocycles. The molecule has 0 saturated carbocycles. The quantitative estimate of drug-likeness (QED) is 0.559. The van der Waals surface area contributed by atoms with Crippen LogP contribution < -0.4 is 16.6 Å². The van der Waals surface area contributed by atoms with Crippen molar-refractivity contribution in [2.24, 2.45) is 5.84 Å². The number of nitrogens with one attached hydrogen (secondary N) is 2. The van der Waals surface area contributed by atoms with Gasteiger partial charge in [0.05, 0.1) is 5.56 Å². The second-order valence-electron chi connectivity index (χ2n) is 3.34. The molecule has 0 aliphatic carbocycles. The monoisotopic (exact) mass is 244 g/mol. The fraction of sp³-hybridized carbons (Fsp3) is 0. The molecule has 0 aliphatic heterocycles. The van der Waals surface area contributed by atoms with Crippen molar-refractivity contribution in [3.63, 3.8) is 0 Å². The Morgan fingerprint density at radius 2 is 2.17 bits per heavy atom. The Labute approximate surface area is 102 Å². The van der Waals surface area contributed by atoms with Crippen molar-refractivity contribution >= 4 is 17.5 Å². The number of nitrogens with zero attached hydrogens (tertiary/aromatic N) is 3. The smallest absolute Gasteiger partial charge is 0.239 e. The van der Waals surface area contributed by atoms with Crippen LogP contribution >= 0.6 is 0 Å². The highest BCUT2D eigenvalue weighted by atomic mass is 19.1. The van der Waals surface area contributed by atoms with Gasteiger partial charge in [-0.3, -0.25) is 5.43 Å². The van der Waals surface area contributed by atoms with Crippen molar-refractivity contribution in [2.75, 3.05) is 10.7 Å². The molecule has 7 heteroatoms. The third kappa shape index (κ3) is 2.50. The summed E-state index contributed by atoms with van der Waals surface area (Å²) in [6.07, 6.45) is 1.51. The van der Waals surface area contributed by atoms with Gasteiger partial charge in [-0.05, 0) is 24.3 Å². The number of anilines is 3. The lowest BCUT2D eigenvalue weighted by atomic mass is 10.2. The van der Waals surface area contributed by atoms with Gasteiger partial charge in [-0.1, -0.05) is 0 Å². The van der Waals surface area contributed by atoms with Crippen LogP contribution in [0.15, 0.2) is 30.5 Å². The molecular formula is C11H9FN6. The molecule has 0 amide bonds. The predicted molar refractivity (Wildman–Crippen MR) is 64.2 cm³/mol. The Balaban J connectivity index is 2.26. The van der Waals surface area contributed by atoms with Crippen LogP contribution in [-0.2, 0) is 0 Å². The summed E-state index contributed by atoms with van der Waals surface area (Å²) in [4.78, 5) is 7.88. The molecule has 0 unspecified atom stereocenters. The van der Waals surface area contributed by atoms with Gasteiger partial charge in [-0.25, -0.2) is 15.2 Å². The van der Waals surface area contributed by atoms with Crippen molar-refractivity contribution in [1.82, 2.24) is 9.97 Å². The lowest BCUT2D eigenvalue weighted by molar-refractivity contribution is 0.624. The highest BCUT2D eigenvalue weighted by Gasteiger charge is 2.04. The summed E-state index contributed by atoms with van der Waals surface area (Å²) in [7, 11) is 0. The summed E-state index contributed by atoms with van der Waals surface area (Å²) >= 11 is 0. The van der Waals surface area contributed by atoms with Crippen molar-refractivity contribution in [3.8, 4) is 6.07 Å². The van der Waals surface area contributed by atoms with Gasteiger partial charge in [0.2, 0.25) is 5.95 Å². The van der Waals surface area contributed by atoms with E-state index < -0.39 is 5.82 Å². The van der Waals surface area contributed by atoms with Crippen molar-refractivity contribution in [3.05, 3.63) is 41.8 Å². The summed E-state index contributed by atoms with van der Waals surface area (Å²) in [6, 6.07) is 7.50. The summed E-state index contributed by atoms with van der Waals surface area (Å²) in [5.74, 6) is 5.35. The van der Waals surface area contributed by atoms with Crippen LogP contribution in [0.5, 0.6) is 0 Å². The topological polar surface area (TPSA) is 99.7 Å². The van der Waals surface area contributed by atoms with Gasteiger partial charge in [-0.15, -0.1) is 0 Å². The lowest BCUT2D eigenvalue weighted by Crippen LogP contribution is -2.10. The van der Waals surface area contributed by atoms with E-state index in [1.165, 1.54) is 24.4 Å². The zero-order valence-corrected chi connectivity index (χ0v) is 9.18. The maximum absolute atomic E-state index is 13.1. The van der Waals surface area contributed by atoms with E-state index in [4.69, 9.17) is 11.1 Å². The molecule has 0 bridgehead atoms. The minimum absolute atomic E-state index is 0.0359. The highest BCUT2D eigenvalue weighted by molar-refractivity contribution is 5.59. The number of benzene rings is 1. The second-order valence-corrected chi connectivity index (χ2v) is 3.34. The van der Waals surface area contributed by atoms with Gasteiger partial charge in [0.25, 0.3) is 0 Å². The van der Waals surface area contributed by atoms with Gasteiger partial charge in [-0.2, -0.15) is 10.2 Å². The number of rotatable bonds is 3. The van der Waals surface area contributed by atoms with Gasteiger partial charge < -0.3 is 5.32 Å². The fourth-order valence-electron chi connectivity index (χ4n) is 1.33. The van der Waals surface area contributed by atoms with Crippen LogP contribution in [-0.4, -0.2) is 9.97 Å². The van der Waals surface area contributed by atoms with Gasteiger partial charge in [0.1, 0.15) is 17.7 Å². The Kier molecular flexibility index (Phi) is 3.31. The van der Waals surface area contributed by atoms with E-state index in [0.717, 1.165) is 0 Å².